The van der Waals surface area contributed by atoms with Crippen molar-refractivity contribution in [2.45, 2.75) is 32.2 Å². The van der Waals surface area contributed by atoms with Crippen LogP contribution in [0.1, 0.15) is 24.8 Å². The van der Waals surface area contributed by atoms with E-state index in [1.807, 2.05) is 0 Å². The van der Waals surface area contributed by atoms with Gasteiger partial charge in [-0.05, 0) is 38.1 Å². The standard InChI is InChI=1S/C13H15BrF3NO/c14-11-5-4-10(9-18-6-2-1-3-7-18)12(8-11)19-13(15,16)17/h4-5,8H,1-3,6-7,9H2. The molecular weight excluding hydrogens is 323 g/mol. The minimum Gasteiger partial charge on any atom is -0.405 e. The second-order valence-corrected chi connectivity index (χ2v) is 5.55. The van der Waals surface area contributed by atoms with Gasteiger partial charge in [0.15, 0.2) is 0 Å². The van der Waals surface area contributed by atoms with Crippen LogP contribution in [-0.2, 0) is 6.54 Å². The Morgan fingerprint density at radius 3 is 2.47 bits per heavy atom. The predicted molar refractivity (Wildman–Crippen MR) is 70.0 cm³/mol. The fourth-order valence-corrected chi connectivity index (χ4v) is 2.58. The van der Waals surface area contributed by atoms with E-state index in [1.54, 1.807) is 12.1 Å². The molecule has 1 aromatic carbocycles. The first-order chi connectivity index (χ1) is 8.94. The van der Waals surface area contributed by atoms with Gasteiger partial charge >= 0.3 is 6.36 Å². The molecule has 0 bridgehead atoms. The molecule has 2 rings (SSSR count). The number of hydrogen-bond donors (Lipinski definition) is 0. The van der Waals surface area contributed by atoms with Gasteiger partial charge < -0.3 is 4.74 Å². The lowest BCUT2D eigenvalue weighted by atomic mass is 10.1. The molecule has 0 spiro atoms. The minimum atomic E-state index is -4.66. The van der Waals surface area contributed by atoms with E-state index in [9.17, 15) is 13.2 Å². The second-order valence-electron chi connectivity index (χ2n) is 4.64. The average molecular weight is 338 g/mol. The Bertz CT molecular complexity index is 430. The molecule has 1 fully saturated rings. The fraction of sp³-hybridized carbons (Fsp3) is 0.538. The summed E-state index contributed by atoms with van der Waals surface area (Å²) in [4.78, 5) is 2.16. The van der Waals surface area contributed by atoms with Gasteiger partial charge in [-0.1, -0.05) is 28.4 Å². The maximum atomic E-state index is 12.4. The molecule has 0 amide bonds. The van der Waals surface area contributed by atoms with Crippen LogP contribution in [0.3, 0.4) is 0 Å². The zero-order valence-corrected chi connectivity index (χ0v) is 11.9. The number of piperidine rings is 1. The first-order valence-corrected chi connectivity index (χ1v) is 7.00. The summed E-state index contributed by atoms with van der Waals surface area (Å²) in [6, 6.07) is 4.79. The SMILES string of the molecule is FC(F)(F)Oc1cc(Br)ccc1CN1CCCCC1. The highest BCUT2D eigenvalue weighted by Gasteiger charge is 2.32. The van der Waals surface area contributed by atoms with Crippen LogP contribution in [0.15, 0.2) is 22.7 Å². The highest BCUT2D eigenvalue weighted by Crippen LogP contribution is 2.30. The van der Waals surface area contributed by atoms with Gasteiger partial charge in [0.05, 0.1) is 0 Å². The summed E-state index contributed by atoms with van der Waals surface area (Å²) in [6.07, 6.45) is -1.25. The molecule has 0 radical (unpaired) electrons. The molecule has 0 unspecified atom stereocenters. The summed E-state index contributed by atoms with van der Waals surface area (Å²) in [7, 11) is 0. The van der Waals surface area contributed by atoms with Crippen molar-refractivity contribution >= 4 is 15.9 Å². The van der Waals surface area contributed by atoms with Crippen molar-refractivity contribution in [1.29, 1.82) is 0 Å². The number of likely N-dealkylation sites (tertiary alicyclic amines) is 1. The summed E-state index contributed by atoms with van der Waals surface area (Å²) in [5, 5.41) is 0. The summed E-state index contributed by atoms with van der Waals surface area (Å²) in [5.74, 6) is -0.118. The van der Waals surface area contributed by atoms with E-state index in [2.05, 4.69) is 25.6 Å². The number of hydrogen-bond acceptors (Lipinski definition) is 2. The molecule has 19 heavy (non-hydrogen) atoms. The molecule has 2 nitrogen and oxygen atoms in total. The number of alkyl halides is 3. The van der Waals surface area contributed by atoms with Gasteiger partial charge in [-0.3, -0.25) is 4.90 Å². The summed E-state index contributed by atoms with van der Waals surface area (Å²) < 4.78 is 41.8. The molecule has 1 aliphatic rings. The second kappa shape index (κ2) is 6.13. The summed E-state index contributed by atoms with van der Waals surface area (Å²) in [6.45, 7) is 2.36. The fourth-order valence-electron chi connectivity index (χ4n) is 2.24. The van der Waals surface area contributed by atoms with Crippen LogP contribution < -0.4 is 4.74 Å². The predicted octanol–water partition coefficient (Wildman–Crippen LogP) is 4.33. The van der Waals surface area contributed by atoms with Gasteiger partial charge in [-0.25, -0.2) is 0 Å². The van der Waals surface area contributed by atoms with Gasteiger partial charge in [0.1, 0.15) is 5.75 Å². The van der Waals surface area contributed by atoms with Crippen LogP contribution in [0.2, 0.25) is 0 Å². The van der Waals surface area contributed by atoms with Crippen LogP contribution in [0.4, 0.5) is 13.2 Å². The van der Waals surface area contributed by atoms with Crippen LogP contribution in [-0.4, -0.2) is 24.4 Å². The number of halogens is 4. The number of nitrogens with zero attached hydrogens (tertiary/aromatic N) is 1. The molecule has 0 saturated carbocycles. The number of rotatable bonds is 3. The Balaban J connectivity index is 2.13. The number of benzene rings is 1. The van der Waals surface area contributed by atoms with Gasteiger partial charge in [0.25, 0.3) is 0 Å². The molecule has 0 aliphatic carbocycles. The highest BCUT2D eigenvalue weighted by molar-refractivity contribution is 9.10. The van der Waals surface area contributed by atoms with Gasteiger partial charge in [0.2, 0.25) is 0 Å². The van der Waals surface area contributed by atoms with Gasteiger partial charge in [-0.2, -0.15) is 0 Å². The third-order valence-electron chi connectivity index (χ3n) is 3.10. The molecule has 1 aromatic rings. The maximum absolute atomic E-state index is 12.4. The average Bonchev–Trinajstić information content (AvgIpc) is 2.32. The van der Waals surface area contributed by atoms with Gasteiger partial charge in [0, 0.05) is 16.6 Å². The first kappa shape index (κ1) is 14.7. The summed E-state index contributed by atoms with van der Waals surface area (Å²) >= 11 is 3.17. The van der Waals surface area contributed by atoms with Crippen molar-refractivity contribution in [2.24, 2.45) is 0 Å². The smallest absolute Gasteiger partial charge is 0.405 e. The van der Waals surface area contributed by atoms with E-state index in [1.165, 1.54) is 12.5 Å². The molecular formula is C13H15BrF3NO. The zero-order valence-electron chi connectivity index (χ0n) is 10.3. The first-order valence-electron chi connectivity index (χ1n) is 6.20. The highest BCUT2D eigenvalue weighted by atomic mass is 79.9. The lowest BCUT2D eigenvalue weighted by Gasteiger charge is -2.27. The van der Waals surface area contributed by atoms with Crippen LogP contribution in [0.5, 0.6) is 5.75 Å². The quantitative estimate of drug-likeness (QED) is 0.813. The van der Waals surface area contributed by atoms with E-state index >= 15 is 0 Å². The molecule has 6 heteroatoms. The van der Waals surface area contributed by atoms with Crippen LogP contribution in [0, 0.1) is 0 Å². The minimum absolute atomic E-state index is 0.118. The van der Waals surface area contributed by atoms with Crippen molar-refractivity contribution in [3.8, 4) is 5.75 Å². The van der Waals surface area contributed by atoms with Crippen LogP contribution in [0.25, 0.3) is 0 Å². The largest absolute Gasteiger partial charge is 0.573 e. The van der Waals surface area contributed by atoms with E-state index in [4.69, 9.17) is 0 Å². The van der Waals surface area contributed by atoms with Gasteiger partial charge in [-0.15, -0.1) is 13.2 Å². The monoisotopic (exact) mass is 337 g/mol. The summed E-state index contributed by atoms with van der Waals surface area (Å²) in [5.41, 5.74) is 0.572. The maximum Gasteiger partial charge on any atom is 0.573 e. The number of ether oxygens (including phenoxy) is 1. The molecule has 0 atom stereocenters. The Morgan fingerprint density at radius 2 is 1.84 bits per heavy atom. The zero-order chi connectivity index (χ0) is 13.9. The Kier molecular flexibility index (Phi) is 4.73. The van der Waals surface area contributed by atoms with Crippen molar-refractivity contribution < 1.29 is 17.9 Å². The molecule has 1 heterocycles. The van der Waals surface area contributed by atoms with E-state index in [0.717, 1.165) is 25.9 Å². The molecule has 1 aliphatic heterocycles. The molecule has 0 aromatic heterocycles. The van der Waals surface area contributed by atoms with Crippen molar-refractivity contribution in [3.05, 3.63) is 28.2 Å². The third-order valence-corrected chi connectivity index (χ3v) is 3.59. The topological polar surface area (TPSA) is 12.5 Å². The molecule has 0 N–H and O–H groups in total. The lowest BCUT2D eigenvalue weighted by Crippen LogP contribution is -2.29. The molecule has 106 valence electrons. The van der Waals surface area contributed by atoms with Crippen LogP contribution >= 0.6 is 15.9 Å². The molecule has 1 saturated heterocycles. The Labute approximate surface area is 118 Å². The normalized spacial score (nSPS) is 17.5. The Morgan fingerprint density at radius 1 is 1.16 bits per heavy atom. The third kappa shape index (κ3) is 4.69. The van der Waals surface area contributed by atoms with Crippen molar-refractivity contribution in [1.82, 2.24) is 4.90 Å². The van der Waals surface area contributed by atoms with E-state index in [-0.39, 0.29) is 5.75 Å². The van der Waals surface area contributed by atoms with E-state index < -0.39 is 6.36 Å². The Hall–Kier alpha value is -0.750. The van der Waals surface area contributed by atoms with E-state index in [0.29, 0.717) is 16.6 Å². The van der Waals surface area contributed by atoms with Crippen molar-refractivity contribution in [2.75, 3.05) is 13.1 Å². The lowest BCUT2D eigenvalue weighted by molar-refractivity contribution is -0.275. The van der Waals surface area contributed by atoms with Crippen molar-refractivity contribution in [3.63, 3.8) is 0 Å².